The Balaban J connectivity index is 1.50. The van der Waals surface area contributed by atoms with Crippen LogP contribution in [0.2, 0.25) is 0 Å². The fraction of sp³-hybridized carbons (Fsp3) is 1.00. The van der Waals surface area contributed by atoms with E-state index >= 15 is 0 Å². The molecule has 0 aromatic rings. The molecule has 1 N–H and O–H groups in total. The lowest BCUT2D eigenvalue weighted by molar-refractivity contribution is 0.0390. The number of nitrogens with one attached hydrogen (secondary N) is 1. The molecular formula is C13H25N3. The molecule has 3 rings (SSSR count). The molecule has 0 spiro atoms. The molecule has 0 radical (unpaired) electrons. The van der Waals surface area contributed by atoms with Crippen LogP contribution in [0.15, 0.2) is 0 Å². The van der Waals surface area contributed by atoms with Crippen molar-refractivity contribution in [3.63, 3.8) is 0 Å². The van der Waals surface area contributed by atoms with Crippen LogP contribution < -0.4 is 5.32 Å². The van der Waals surface area contributed by atoms with Crippen molar-refractivity contribution in [2.24, 2.45) is 5.41 Å². The van der Waals surface area contributed by atoms with E-state index in [0.717, 1.165) is 12.1 Å². The van der Waals surface area contributed by atoms with Gasteiger partial charge in [0.1, 0.15) is 0 Å². The van der Waals surface area contributed by atoms with E-state index in [0.29, 0.717) is 5.41 Å². The van der Waals surface area contributed by atoms with Crippen LogP contribution in [0.1, 0.15) is 26.7 Å². The van der Waals surface area contributed by atoms with E-state index in [4.69, 9.17) is 0 Å². The second-order valence-corrected chi connectivity index (χ2v) is 6.21. The Labute approximate surface area is 99.2 Å². The number of nitrogens with zero attached hydrogens (tertiary/aromatic N) is 2. The fourth-order valence-corrected chi connectivity index (χ4v) is 3.08. The predicted molar refractivity (Wildman–Crippen MR) is 66.6 cm³/mol. The summed E-state index contributed by atoms with van der Waals surface area (Å²) in [6.07, 6.45) is 2.89. The third-order valence-corrected chi connectivity index (χ3v) is 5.22. The van der Waals surface area contributed by atoms with Crippen molar-refractivity contribution in [1.82, 2.24) is 15.1 Å². The van der Waals surface area contributed by atoms with Crippen molar-refractivity contribution < 1.29 is 0 Å². The maximum atomic E-state index is 3.37. The van der Waals surface area contributed by atoms with E-state index in [1.54, 1.807) is 0 Å². The predicted octanol–water partition coefficient (Wildman–Crippen LogP) is 0.764. The summed E-state index contributed by atoms with van der Waals surface area (Å²) in [5.74, 6) is 0. The minimum absolute atomic E-state index is 0.653. The van der Waals surface area contributed by atoms with Crippen LogP contribution in [0.5, 0.6) is 0 Å². The van der Waals surface area contributed by atoms with E-state index in [2.05, 4.69) is 29.0 Å². The zero-order chi connectivity index (χ0) is 11.2. The first kappa shape index (κ1) is 11.0. The maximum absolute atomic E-state index is 3.37. The molecule has 3 fully saturated rings. The molecule has 0 bridgehead atoms. The Morgan fingerprint density at radius 2 is 1.75 bits per heavy atom. The third-order valence-electron chi connectivity index (χ3n) is 5.22. The first-order valence-corrected chi connectivity index (χ1v) is 6.88. The highest BCUT2D eigenvalue weighted by Gasteiger charge is 2.45. The molecule has 1 atom stereocenters. The van der Waals surface area contributed by atoms with Crippen molar-refractivity contribution >= 4 is 0 Å². The van der Waals surface area contributed by atoms with Crippen LogP contribution in [-0.4, -0.2) is 61.2 Å². The zero-order valence-electron chi connectivity index (χ0n) is 10.7. The lowest BCUT2D eigenvalue weighted by Crippen LogP contribution is -2.62. The summed E-state index contributed by atoms with van der Waals surface area (Å²) in [7, 11) is 0. The van der Waals surface area contributed by atoms with Gasteiger partial charge in [0, 0.05) is 51.4 Å². The highest BCUT2D eigenvalue weighted by Crippen LogP contribution is 2.49. The Bertz CT molecular complexity index is 250. The molecule has 2 heterocycles. The van der Waals surface area contributed by atoms with Crippen molar-refractivity contribution in [2.45, 2.75) is 38.8 Å². The minimum atomic E-state index is 0.653. The topological polar surface area (TPSA) is 18.5 Å². The van der Waals surface area contributed by atoms with Gasteiger partial charge in [-0.05, 0) is 25.2 Å². The number of hydrogen-bond donors (Lipinski definition) is 1. The molecule has 1 unspecified atom stereocenters. The lowest BCUT2D eigenvalue weighted by atomic mass is 9.98. The van der Waals surface area contributed by atoms with Crippen LogP contribution >= 0.6 is 0 Å². The van der Waals surface area contributed by atoms with E-state index in [-0.39, 0.29) is 0 Å². The van der Waals surface area contributed by atoms with Gasteiger partial charge >= 0.3 is 0 Å². The molecule has 2 aliphatic heterocycles. The quantitative estimate of drug-likeness (QED) is 0.762. The summed E-state index contributed by atoms with van der Waals surface area (Å²) < 4.78 is 0. The number of hydrogen-bond acceptors (Lipinski definition) is 3. The van der Waals surface area contributed by atoms with E-state index in [9.17, 15) is 0 Å². The first-order chi connectivity index (χ1) is 7.69. The molecule has 92 valence electrons. The monoisotopic (exact) mass is 223 g/mol. The maximum Gasteiger partial charge on any atom is 0.0346 e. The van der Waals surface area contributed by atoms with Crippen molar-refractivity contribution in [3.8, 4) is 0 Å². The molecule has 3 heteroatoms. The summed E-state index contributed by atoms with van der Waals surface area (Å²) in [5.41, 5.74) is 0.653. The van der Waals surface area contributed by atoms with Gasteiger partial charge in [-0.25, -0.2) is 0 Å². The van der Waals surface area contributed by atoms with Gasteiger partial charge in [-0.15, -0.1) is 0 Å². The molecule has 1 aliphatic carbocycles. The summed E-state index contributed by atoms with van der Waals surface area (Å²) in [5, 5.41) is 3.37. The first-order valence-electron chi connectivity index (χ1n) is 6.88. The third kappa shape index (κ3) is 1.89. The standard InChI is InChI=1S/C13H25N3/c1-11(13(2)3-4-13)15-5-7-16(8-6-15)12-9-14-10-12/h11-12,14H,3-10H2,1-2H3. The Morgan fingerprint density at radius 3 is 2.19 bits per heavy atom. The molecule has 0 aromatic carbocycles. The minimum Gasteiger partial charge on any atom is -0.314 e. The van der Waals surface area contributed by atoms with Crippen LogP contribution in [0.25, 0.3) is 0 Å². The second kappa shape index (κ2) is 3.97. The lowest BCUT2D eigenvalue weighted by Gasteiger charge is -2.45. The van der Waals surface area contributed by atoms with Gasteiger partial charge in [-0.2, -0.15) is 0 Å². The largest absolute Gasteiger partial charge is 0.314 e. The molecule has 0 aromatic heterocycles. The molecule has 2 saturated heterocycles. The number of piperazine rings is 1. The molecule has 3 nitrogen and oxygen atoms in total. The normalized spacial score (nSPS) is 33.4. The summed E-state index contributed by atoms with van der Waals surface area (Å²) in [6.45, 7) is 12.5. The van der Waals surface area contributed by atoms with Crippen molar-refractivity contribution in [1.29, 1.82) is 0 Å². The summed E-state index contributed by atoms with van der Waals surface area (Å²) in [4.78, 5) is 5.39. The number of rotatable bonds is 3. The van der Waals surface area contributed by atoms with Gasteiger partial charge in [0.25, 0.3) is 0 Å². The molecular weight excluding hydrogens is 198 g/mol. The average Bonchev–Trinajstić information content (AvgIpc) is 2.96. The highest BCUT2D eigenvalue weighted by atomic mass is 15.3. The molecule has 1 saturated carbocycles. The summed E-state index contributed by atoms with van der Waals surface area (Å²) >= 11 is 0. The van der Waals surface area contributed by atoms with Crippen molar-refractivity contribution in [3.05, 3.63) is 0 Å². The average molecular weight is 223 g/mol. The van der Waals surface area contributed by atoms with Gasteiger partial charge < -0.3 is 5.32 Å². The molecule has 3 aliphatic rings. The van der Waals surface area contributed by atoms with Crippen LogP contribution in [0.3, 0.4) is 0 Å². The van der Waals surface area contributed by atoms with Crippen LogP contribution in [0, 0.1) is 5.41 Å². The molecule has 16 heavy (non-hydrogen) atoms. The fourth-order valence-electron chi connectivity index (χ4n) is 3.08. The van der Waals surface area contributed by atoms with E-state index in [1.807, 2.05) is 0 Å². The van der Waals surface area contributed by atoms with Gasteiger partial charge in [0.05, 0.1) is 0 Å². The Morgan fingerprint density at radius 1 is 1.12 bits per heavy atom. The highest BCUT2D eigenvalue weighted by molar-refractivity contribution is 4.99. The van der Waals surface area contributed by atoms with Gasteiger partial charge in [-0.3, -0.25) is 9.80 Å². The smallest absolute Gasteiger partial charge is 0.0346 e. The SMILES string of the molecule is CC(N1CCN(C2CNC2)CC1)C1(C)CC1. The van der Waals surface area contributed by atoms with Crippen LogP contribution in [0.4, 0.5) is 0 Å². The second-order valence-electron chi connectivity index (χ2n) is 6.21. The van der Waals surface area contributed by atoms with E-state index in [1.165, 1.54) is 52.1 Å². The Hall–Kier alpha value is -0.120. The summed E-state index contributed by atoms with van der Waals surface area (Å²) in [6, 6.07) is 1.64. The van der Waals surface area contributed by atoms with Gasteiger partial charge in [0.2, 0.25) is 0 Å². The zero-order valence-corrected chi connectivity index (χ0v) is 10.7. The Kier molecular flexibility index (Phi) is 2.73. The van der Waals surface area contributed by atoms with Gasteiger partial charge in [0.15, 0.2) is 0 Å². The van der Waals surface area contributed by atoms with Crippen LogP contribution in [-0.2, 0) is 0 Å². The van der Waals surface area contributed by atoms with Crippen molar-refractivity contribution in [2.75, 3.05) is 39.3 Å². The van der Waals surface area contributed by atoms with E-state index < -0.39 is 0 Å². The van der Waals surface area contributed by atoms with Gasteiger partial charge in [-0.1, -0.05) is 6.92 Å². The molecule has 0 amide bonds.